The summed E-state index contributed by atoms with van der Waals surface area (Å²) in [6.07, 6.45) is 1.39. The number of amides is 2. The minimum absolute atomic E-state index is 0.0726. The van der Waals surface area contributed by atoms with Crippen molar-refractivity contribution in [3.8, 4) is 0 Å². The molecule has 0 radical (unpaired) electrons. The first-order chi connectivity index (χ1) is 11.9. The number of hydrogen-bond donors (Lipinski definition) is 2. The number of aromatic nitrogens is 4. The SMILES string of the molecule is Cc1cc2cccc(N)c2n1C(=O)Cn1ncc(NC(=O)N(C)C)n1. The van der Waals surface area contributed by atoms with Crippen molar-refractivity contribution in [3.05, 3.63) is 36.2 Å². The summed E-state index contributed by atoms with van der Waals surface area (Å²) in [5, 5.41) is 11.6. The largest absolute Gasteiger partial charge is 0.397 e. The quantitative estimate of drug-likeness (QED) is 0.702. The Balaban J connectivity index is 1.83. The first kappa shape index (κ1) is 16.5. The molecule has 2 heterocycles. The van der Waals surface area contributed by atoms with Crippen LogP contribution in [0, 0.1) is 6.92 Å². The number of hydrogen-bond acceptors (Lipinski definition) is 5. The predicted molar refractivity (Wildman–Crippen MR) is 94.4 cm³/mol. The molecular weight excluding hydrogens is 322 g/mol. The molecule has 1 aromatic carbocycles. The number of nitrogen functional groups attached to an aromatic ring is 1. The van der Waals surface area contributed by atoms with E-state index in [1.165, 1.54) is 15.9 Å². The minimum Gasteiger partial charge on any atom is -0.397 e. The van der Waals surface area contributed by atoms with Crippen LogP contribution >= 0.6 is 0 Å². The zero-order chi connectivity index (χ0) is 18.1. The molecule has 25 heavy (non-hydrogen) atoms. The molecule has 9 nitrogen and oxygen atoms in total. The van der Waals surface area contributed by atoms with E-state index in [0.29, 0.717) is 11.2 Å². The Labute approximate surface area is 144 Å². The summed E-state index contributed by atoms with van der Waals surface area (Å²) in [5.41, 5.74) is 8.02. The number of para-hydroxylation sites is 1. The van der Waals surface area contributed by atoms with Crippen molar-refractivity contribution in [2.45, 2.75) is 13.5 Å². The number of rotatable bonds is 3. The van der Waals surface area contributed by atoms with E-state index < -0.39 is 0 Å². The number of anilines is 2. The maximum absolute atomic E-state index is 12.7. The van der Waals surface area contributed by atoms with E-state index in [1.54, 1.807) is 24.7 Å². The summed E-state index contributed by atoms with van der Waals surface area (Å²) in [6, 6.07) is 7.10. The molecule has 2 amide bonds. The van der Waals surface area contributed by atoms with Gasteiger partial charge in [0, 0.05) is 25.2 Å². The lowest BCUT2D eigenvalue weighted by Gasteiger charge is -2.09. The molecule has 0 spiro atoms. The van der Waals surface area contributed by atoms with Gasteiger partial charge in [0.2, 0.25) is 0 Å². The molecule has 0 atom stereocenters. The van der Waals surface area contributed by atoms with Crippen LogP contribution < -0.4 is 11.1 Å². The topological polar surface area (TPSA) is 111 Å². The van der Waals surface area contributed by atoms with Gasteiger partial charge in [-0.3, -0.25) is 14.7 Å². The van der Waals surface area contributed by atoms with Crippen molar-refractivity contribution in [1.29, 1.82) is 0 Å². The van der Waals surface area contributed by atoms with Crippen molar-refractivity contribution >= 4 is 34.3 Å². The fourth-order valence-electron chi connectivity index (χ4n) is 2.59. The lowest BCUT2D eigenvalue weighted by Crippen LogP contribution is -2.27. The van der Waals surface area contributed by atoms with E-state index in [4.69, 9.17) is 5.73 Å². The Morgan fingerprint density at radius 1 is 1.32 bits per heavy atom. The Morgan fingerprint density at radius 3 is 2.80 bits per heavy atom. The fourth-order valence-corrected chi connectivity index (χ4v) is 2.59. The Kier molecular flexibility index (Phi) is 4.14. The molecule has 0 saturated heterocycles. The molecule has 3 rings (SSSR count). The third kappa shape index (κ3) is 3.16. The van der Waals surface area contributed by atoms with Gasteiger partial charge in [-0.25, -0.2) is 4.79 Å². The third-order valence-corrected chi connectivity index (χ3v) is 3.74. The van der Waals surface area contributed by atoms with E-state index >= 15 is 0 Å². The van der Waals surface area contributed by atoms with Crippen molar-refractivity contribution in [3.63, 3.8) is 0 Å². The van der Waals surface area contributed by atoms with Gasteiger partial charge in [0.15, 0.2) is 5.82 Å². The van der Waals surface area contributed by atoms with Crippen molar-refractivity contribution in [2.75, 3.05) is 25.1 Å². The fraction of sp³-hybridized carbons (Fsp3) is 0.250. The van der Waals surface area contributed by atoms with Gasteiger partial charge >= 0.3 is 6.03 Å². The molecule has 0 aliphatic carbocycles. The number of benzene rings is 1. The van der Waals surface area contributed by atoms with Gasteiger partial charge in [0.05, 0.1) is 17.4 Å². The molecule has 2 aromatic heterocycles. The van der Waals surface area contributed by atoms with Gasteiger partial charge < -0.3 is 10.6 Å². The van der Waals surface area contributed by atoms with Crippen molar-refractivity contribution in [1.82, 2.24) is 24.5 Å². The smallest absolute Gasteiger partial charge is 0.322 e. The number of nitrogens with zero attached hydrogens (tertiary/aromatic N) is 5. The van der Waals surface area contributed by atoms with E-state index in [2.05, 4.69) is 15.5 Å². The number of carbonyl (C=O) groups excluding carboxylic acids is 2. The molecule has 9 heteroatoms. The summed E-state index contributed by atoms with van der Waals surface area (Å²) >= 11 is 0. The van der Waals surface area contributed by atoms with E-state index in [-0.39, 0.29) is 24.3 Å². The average Bonchev–Trinajstić information content (AvgIpc) is 3.11. The molecule has 130 valence electrons. The highest BCUT2D eigenvalue weighted by atomic mass is 16.2. The number of urea groups is 1. The van der Waals surface area contributed by atoms with Crippen LogP contribution in [0.1, 0.15) is 10.5 Å². The first-order valence-corrected chi connectivity index (χ1v) is 7.65. The zero-order valence-electron chi connectivity index (χ0n) is 14.2. The second-order valence-corrected chi connectivity index (χ2v) is 5.88. The Bertz CT molecular complexity index is 955. The van der Waals surface area contributed by atoms with Crippen LogP contribution in [0.25, 0.3) is 10.9 Å². The van der Waals surface area contributed by atoms with Crippen LogP contribution in [0.4, 0.5) is 16.3 Å². The molecule has 0 saturated carbocycles. The van der Waals surface area contributed by atoms with Gasteiger partial charge in [-0.15, -0.1) is 5.10 Å². The number of fused-ring (bicyclic) bond motifs is 1. The van der Waals surface area contributed by atoms with Crippen molar-refractivity contribution < 1.29 is 9.59 Å². The number of nitrogens with one attached hydrogen (secondary N) is 1. The summed E-state index contributed by atoms with van der Waals surface area (Å²) in [4.78, 5) is 26.9. The second kappa shape index (κ2) is 6.27. The second-order valence-electron chi connectivity index (χ2n) is 5.88. The van der Waals surface area contributed by atoms with Crippen LogP contribution in [-0.4, -0.2) is 50.5 Å². The molecule has 0 unspecified atom stereocenters. The van der Waals surface area contributed by atoms with Gasteiger partial charge in [-0.1, -0.05) is 12.1 Å². The van der Waals surface area contributed by atoms with E-state index in [9.17, 15) is 9.59 Å². The predicted octanol–water partition coefficient (Wildman–Crippen LogP) is 1.56. The average molecular weight is 341 g/mol. The lowest BCUT2D eigenvalue weighted by atomic mass is 10.2. The van der Waals surface area contributed by atoms with E-state index in [0.717, 1.165) is 11.1 Å². The highest BCUT2D eigenvalue weighted by molar-refractivity contribution is 5.99. The van der Waals surface area contributed by atoms with Crippen LogP contribution in [0.5, 0.6) is 0 Å². The van der Waals surface area contributed by atoms with Gasteiger partial charge in [0.1, 0.15) is 6.54 Å². The Morgan fingerprint density at radius 2 is 2.08 bits per heavy atom. The standard InChI is InChI=1S/C16H19N7O2/c1-10-7-11-5-4-6-12(17)15(11)23(10)14(24)9-22-18-8-13(20-22)19-16(25)21(2)3/h4-8H,9,17H2,1-3H3,(H,19,20,25). The molecule has 0 fully saturated rings. The summed E-state index contributed by atoms with van der Waals surface area (Å²) < 4.78 is 1.56. The minimum atomic E-state index is -0.321. The normalized spacial score (nSPS) is 10.8. The maximum atomic E-state index is 12.7. The zero-order valence-corrected chi connectivity index (χ0v) is 14.2. The van der Waals surface area contributed by atoms with Crippen LogP contribution in [-0.2, 0) is 6.54 Å². The molecule has 0 bridgehead atoms. The lowest BCUT2D eigenvalue weighted by molar-refractivity contribution is 0.0884. The number of aryl methyl sites for hydroxylation is 1. The molecule has 0 aliphatic rings. The van der Waals surface area contributed by atoms with Gasteiger partial charge in [-0.2, -0.15) is 9.90 Å². The van der Waals surface area contributed by atoms with Crippen LogP contribution in [0.2, 0.25) is 0 Å². The first-order valence-electron chi connectivity index (χ1n) is 7.65. The van der Waals surface area contributed by atoms with Gasteiger partial charge in [0.25, 0.3) is 5.91 Å². The maximum Gasteiger partial charge on any atom is 0.322 e. The van der Waals surface area contributed by atoms with Gasteiger partial charge in [-0.05, 0) is 19.1 Å². The van der Waals surface area contributed by atoms with E-state index in [1.807, 2.05) is 25.1 Å². The monoisotopic (exact) mass is 341 g/mol. The Hall–Kier alpha value is -3.36. The van der Waals surface area contributed by atoms with Crippen LogP contribution in [0.15, 0.2) is 30.5 Å². The number of carbonyl (C=O) groups is 2. The molecule has 3 aromatic rings. The number of nitrogens with two attached hydrogens (primary N) is 1. The van der Waals surface area contributed by atoms with Crippen LogP contribution in [0.3, 0.4) is 0 Å². The third-order valence-electron chi connectivity index (χ3n) is 3.74. The molecule has 0 aliphatic heterocycles. The summed E-state index contributed by atoms with van der Waals surface area (Å²) in [5.74, 6) is 0.0617. The summed E-state index contributed by atoms with van der Waals surface area (Å²) in [7, 11) is 3.24. The highest BCUT2D eigenvalue weighted by Gasteiger charge is 2.16. The molecule has 3 N–H and O–H groups in total. The highest BCUT2D eigenvalue weighted by Crippen LogP contribution is 2.25. The van der Waals surface area contributed by atoms with Crippen molar-refractivity contribution in [2.24, 2.45) is 0 Å². The molecular formula is C16H19N7O2. The summed E-state index contributed by atoms with van der Waals surface area (Å²) in [6.45, 7) is 1.77.